The van der Waals surface area contributed by atoms with E-state index < -0.39 is 5.91 Å². The van der Waals surface area contributed by atoms with Crippen LogP contribution < -0.4 is 9.75 Å². The summed E-state index contributed by atoms with van der Waals surface area (Å²) < 4.78 is 7.67. The first-order valence-electron chi connectivity index (χ1n) is 13.8. The van der Waals surface area contributed by atoms with E-state index in [1.54, 1.807) is 67.6 Å². The second-order valence-corrected chi connectivity index (χ2v) is 12.0. The number of allylic oxidation sites excluding steroid dienone is 2. The lowest BCUT2D eigenvalue weighted by atomic mass is 9.95. The van der Waals surface area contributed by atoms with Gasteiger partial charge < -0.3 is 14.9 Å². The van der Waals surface area contributed by atoms with Crippen molar-refractivity contribution in [1.82, 2.24) is 9.78 Å². The summed E-state index contributed by atoms with van der Waals surface area (Å²) >= 11 is 24.8. The Morgan fingerprint density at radius 2 is 1.43 bits per heavy atom. The minimum absolute atomic E-state index is 0.0614. The maximum absolute atomic E-state index is 14.1. The Balaban J connectivity index is 1.42. The number of aromatic hydroxyl groups is 2. The smallest absolute Gasteiger partial charge is 0.281 e. The van der Waals surface area contributed by atoms with Crippen molar-refractivity contribution in [3.8, 4) is 34.3 Å². The lowest BCUT2D eigenvalue weighted by Crippen LogP contribution is -2.22. The molecule has 0 fully saturated rings. The predicted octanol–water partition coefficient (Wildman–Crippen LogP) is 9.06. The van der Waals surface area contributed by atoms with Crippen LogP contribution >= 0.6 is 46.4 Å². The molecule has 46 heavy (non-hydrogen) atoms. The molecule has 12 heteroatoms. The van der Waals surface area contributed by atoms with Gasteiger partial charge in [0.25, 0.3) is 5.91 Å². The fourth-order valence-corrected chi connectivity index (χ4v) is 5.91. The van der Waals surface area contributed by atoms with Gasteiger partial charge in [-0.15, -0.1) is 0 Å². The Morgan fingerprint density at radius 3 is 2.13 bits per heavy atom. The molecular formula is C34H20Cl4N4O4. The van der Waals surface area contributed by atoms with Gasteiger partial charge in [0, 0.05) is 11.1 Å². The first-order chi connectivity index (χ1) is 22.1. The highest BCUT2D eigenvalue weighted by molar-refractivity contribution is 6.43. The van der Waals surface area contributed by atoms with Crippen molar-refractivity contribution in [2.45, 2.75) is 6.92 Å². The van der Waals surface area contributed by atoms with E-state index in [-0.39, 0.29) is 33.7 Å². The molecule has 5 aromatic rings. The molecule has 0 saturated heterocycles. The number of anilines is 1. The van der Waals surface area contributed by atoms with Crippen molar-refractivity contribution >= 4 is 69.5 Å². The fourth-order valence-electron chi connectivity index (χ4n) is 5.32. The maximum atomic E-state index is 14.1. The van der Waals surface area contributed by atoms with Crippen LogP contribution in [0.5, 0.6) is 17.4 Å². The number of halogens is 4. The summed E-state index contributed by atoms with van der Waals surface area (Å²) in [5.41, 5.74) is 3.49. The Labute approximate surface area is 282 Å². The fraction of sp³-hybridized carbons (Fsp3) is 0.0294. The minimum atomic E-state index is -0.474. The summed E-state index contributed by atoms with van der Waals surface area (Å²) in [6, 6.07) is 23.5. The van der Waals surface area contributed by atoms with E-state index in [0.29, 0.717) is 60.1 Å². The number of nitrogens with zero attached hydrogens (tertiary/aromatic N) is 4. The summed E-state index contributed by atoms with van der Waals surface area (Å²) in [7, 11) is 0. The number of ether oxygens (including phenoxy) is 1. The van der Waals surface area contributed by atoms with Gasteiger partial charge in [0.05, 0.1) is 37.0 Å². The van der Waals surface area contributed by atoms with E-state index in [2.05, 4.69) is 5.10 Å². The van der Waals surface area contributed by atoms with Crippen LogP contribution in [0.25, 0.3) is 22.7 Å². The molecule has 0 atom stereocenters. The summed E-state index contributed by atoms with van der Waals surface area (Å²) in [4.78, 5) is 14.1. The van der Waals surface area contributed by atoms with Crippen LogP contribution in [-0.2, 0) is 4.79 Å². The third-order valence-electron chi connectivity index (χ3n) is 7.51. The summed E-state index contributed by atoms with van der Waals surface area (Å²) in [6.45, 7) is 1.72. The van der Waals surface area contributed by atoms with Gasteiger partial charge in [-0.1, -0.05) is 70.7 Å². The highest BCUT2D eigenvalue weighted by Gasteiger charge is 2.36. The number of phenolic OH excluding ortho intramolecular Hbond substituents is 1. The van der Waals surface area contributed by atoms with Crippen molar-refractivity contribution < 1.29 is 19.7 Å². The number of hydrogen-bond donors (Lipinski definition) is 2. The monoisotopic (exact) mass is 688 g/mol. The minimum Gasteiger partial charge on any atom is -0.507 e. The molecule has 2 aliphatic heterocycles. The van der Waals surface area contributed by atoms with Crippen LogP contribution in [0, 0.1) is 0 Å². The molecule has 2 N–H and O–H groups in total. The third kappa shape index (κ3) is 5.00. The van der Waals surface area contributed by atoms with Gasteiger partial charge in [0.1, 0.15) is 34.2 Å². The highest BCUT2D eigenvalue weighted by Crippen LogP contribution is 2.46. The summed E-state index contributed by atoms with van der Waals surface area (Å²) in [6.07, 6.45) is 1.64. The van der Waals surface area contributed by atoms with Gasteiger partial charge in [-0.2, -0.15) is 19.9 Å². The number of aromatic nitrogens is 2. The molecule has 1 amide bonds. The van der Waals surface area contributed by atoms with Crippen LogP contribution in [0.1, 0.15) is 18.1 Å². The number of benzene rings is 4. The average molecular weight is 690 g/mol. The Kier molecular flexibility index (Phi) is 7.53. The van der Waals surface area contributed by atoms with Gasteiger partial charge in [0.15, 0.2) is 0 Å². The van der Waals surface area contributed by atoms with Crippen molar-refractivity contribution in [2.75, 3.05) is 5.01 Å². The molecule has 0 saturated carbocycles. The summed E-state index contributed by atoms with van der Waals surface area (Å²) in [5.74, 6) is -0.00826. The molecule has 228 valence electrons. The molecule has 1 aromatic heterocycles. The molecule has 8 nitrogen and oxygen atoms in total. The van der Waals surface area contributed by atoms with E-state index in [1.165, 1.54) is 21.8 Å². The number of carbonyl (C=O) groups is 1. The molecule has 7 rings (SSSR count). The van der Waals surface area contributed by atoms with Crippen molar-refractivity contribution in [3.05, 3.63) is 133 Å². The molecular weight excluding hydrogens is 670 g/mol. The van der Waals surface area contributed by atoms with Gasteiger partial charge in [0.2, 0.25) is 5.88 Å². The maximum Gasteiger partial charge on any atom is 0.281 e. The topological polar surface area (TPSA) is 100 Å². The number of phenols is 1. The average Bonchev–Trinajstić information content (AvgIpc) is 3.57. The summed E-state index contributed by atoms with van der Waals surface area (Å²) in [5, 5.41) is 34.1. The number of hydrazone groups is 1. The zero-order chi connectivity index (χ0) is 32.3. The van der Waals surface area contributed by atoms with Crippen molar-refractivity contribution in [1.29, 1.82) is 0 Å². The number of hydrogen-bond acceptors (Lipinski definition) is 6. The van der Waals surface area contributed by atoms with Crippen LogP contribution in [0.15, 0.2) is 107 Å². The molecule has 0 spiro atoms. The zero-order valence-corrected chi connectivity index (χ0v) is 26.7. The molecule has 4 aromatic carbocycles. The van der Waals surface area contributed by atoms with Crippen molar-refractivity contribution in [2.24, 2.45) is 5.10 Å². The molecule has 3 heterocycles. The van der Waals surface area contributed by atoms with E-state index in [4.69, 9.17) is 56.2 Å². The first-order valence-corrected chi connectivity index (χ1v) is 15.3. The van der Waals surface area contributed by atoms with Crippen LogP contribution in [0.4, 0.5) is 5.69 Å². The molecule has 0 bridgehead atoms. The van der Waals surface area contributed by atoms with Crippen LogP contribution in [0.2, 0.25) is 20.1 Å². The quantitative estimate of drug-likeness (QED) is 0.183. The second-order valence-electron chi connectivity index (χ2n) is 10.4. The number of amides is 1. The van der Waals surface area contributed by atoms with Gasteiger partial charge >= 0.3 is 0 Å². The highest BCUT2D eigenvalue weighted by atomic mass is 35.5. The molecule has 2 aliphatic rings. The normalized spacial score (nSPS) is 15.8. The lowest BCUT2D eigenvalue weighted by Gasteiger charge is -2.19. The van der Waals surface area contributed by atoms with Gasteiger partial charge in [-0.3, -0.25) is 4.79 Å². The molecule has 0 radical (unpaired) electrons. The van der Waals surface area contributed by atoms with Crippen molar-refractivity contribution in [3.63, 3.8) is 0 Å². The van der Waals surface area contributed by atoms with Crippen LogP contribution in [-0.4, -0.2) is 31.6 Å². The predicted molar refractivity (Wildman–Crippen MR) is 181 cm³/mol. The Hall–Kier alpha value is -4.73. The van der Waals surface area contributed by atoms with Gasteiger partial charge in [-0.05, 0) is 79.2 Å². The second kappa shape index (κ2) is 11.6. The van der Waals surface area contributed by atoms with E-state index in [0.717, 1.165) is 0 Å². The number of para-hydroxylation sites is 2. The lowest BCUT2D eigenvalue weighted by molar-refractivity contribution is -0.114. The standard InChI is InChI=1S/C34H20Cl4N4O4/c1-17(29-31(20-6-2-4-8-26(20)43)39-41(33(29)44)18-10-12-22(35)24(37)15-18)14-28-30-32(21-7-3-5-9-27(21)46-28)40-42(34(30)45)19-11-13-23(36)25(38)16-19/h2-16,43,45H,1H3. The van der Waals surface area contributed by atoms with Crippen LogP contribution in [0.3, 0.4) is 0 Å². The molecule has 0 unspecified atom stereocenters. The third-order valence-corrected chi connectivity index (χ3v) is 8.99. The first kappa shape index (κ1) is 30.0. The number of carbonyl (C=O) groups excluding carboxylic acids is 1. The van der Waals surface area contributed by atoms with E-state index >= 15 is 0 Å². The van der Waals surface area contributed by atoms with E-state index in [1.807, 2.05) is 18.2 Å². The largest absolute Gasteiger partial charge is 0.507 e. The van der Waals surface area contributed by atoms with Gasteiger partial charge in [-0.25, -0.2) is 0 Å². The Bertz CT molecular complexity index is 2210. The number of rotatable bonds is 4. The zero-order valence-electron chi connectivity index (χ0n) is 23.7. The molecule has 0 aliphatic carbocycles. The van der Waals surface area contributed by atoms with E-state index in [9.17, 15) is 15.0 Å². The number of fused-ring (bicyclic) bond motifs is 3. The Morgan fingerprint density at radius 1 is 0.804 bits per heavy atom. The SMILES string of the molecule is CC(C=C1Oc2ccccc2-c2nn(-c3ccc(Cl)c(Cl)c3)c(O)c21)=C1C(=O)N(c2ccc(Cl)c(Cl)c2)N=C1c1ccccc1O.